The molecule has 3 heterocycles. The largest absolute Gasteiger partial charge is 1.00 e. The number of piperazine rings is 3. The molecule has 3 fully saturated rings. The molecule has 4 amide bonds. The van der Waals surface area contributed by atoms with Crippen molar-refractivity contribution in [1.29, 1.82) is 0 Å². The molecule has 3 saturated heterocycles. The molecule has 224 valence electrons. The van der Waals surface area contributed by atoms with Crippen molar-refractivity contribution >= 4 is 35.2 Å². The zero-order valence-corrected chi connectivity index (χ0v) is 23.7. The summed E-state index contributed by atoms with van der Waals surface area (Å²) in [4.78, 5) is 25.8. The molecule has 0 aromatic rings. The minimum atomic E-state index is -0.774. The summed E-state index contributed by atoms with van der Waals surface area (Å²) in [7, 11) is 0. The number of hydrogen-bond acceptors (Lipinski definition) is 8. The highest BCUT2D eigenvalue weighted by atomic mass is 35.5. The van der Waals surface area contributed by atoms with Gasteiger partial charge in [-0.25, -0.2) is 20.4 Å². The number of nitrogens with one attached hydrogen (secondary N) is 2. The third-order valence-electron chi connectivity index (χ3n) is 7.58. The Morgan fingerprint density at radius 3 is 1.18 bits per heavy atom. The molecule has 3 rings (SSSR count). The van der Waals surface area contributed by atoms with Gasteiger partial charge in [0, 0.05) is 0 Å². The summed E-state index contributed by atoms with van der Waals surface area (Å²) in [5.41, 5.74) is 15.2. The Balaban J connectivity index is 0.00000481. The lowest BCUT2D eigenvalue weighted by atomic mass is 10.1. The van der Waals surface area contributed by atoms with Gasteiger partial charge in [0.2, 0.25) is 0 Å². The second kappa shape index (κ2) is 15.5. The fourth-order valence-electron chi connectivity index (χ4n) is 5.28. The summed E-state index contributed by atoms with van der Waals surface area (Å²) in [6, 6.07) is -1.55. The Bertz CT molecular complexity index is 873. The number of urea groups is 2. The van der Waals surface area contributed by atoms with E-state index in [0.717, 1.165) is 87.5 Å². The topological polar surface area (TPSA) is 238 Å². The Morgan fingerprint density at radius 2 is 0.949 bits per heavy atom. The molecule has 0 bridgehead atoms. The lowest BCUT2D eigenvalue weighted by molar-refractivity contribution is -1.03. The Kier molecular flexibility index (Phi) is 14.2. The van der Waals surface area contributed by atoms with E-state index in [-0.39, 0.29) is 30.3 Å². The maximum Gasteiger partial charge on any atom is 0.332 e. The summed E-state index contributed by atoms with van der Waals surface area (Å²) in [5, 5.41) is 33.5. The predicted molar refractivity (Wildman–Crippen MR) is 136 cm³/mol. The number of primary amides is 2. The fraction of sp³-hybridized carbons (Fsp3) is 0.700. The molecule has 10 N–H and O–H groups in total. The van der Waals surface area contributed by atoms with E-state index in [1.807, 2.05) is 9.80 Å². The maximum atomic E-state index is 10.9. The average molecular weight is 600 g/mol. The van der Waals surface area contributed by atoms with Crippen LogP contribution in [0.2, 0.25) is 0 Å². The molecule has 0 unspecified atom stereocenters. The van der Waals surface area contributed by atoms with Gasteiger partial charge >= 0.3 is 12.1 Å². The molecule has 2 spiro atoms. The van der Waals surface area contributed by atoms with E-state index in [1.54, 1.807) is 13.8 Å². The standard InChI is InChI=1S/C20H36N12O4.2ClH.H2O/c1-15(23-25-19(21)33)17(27-35)29-3-7-31(8-4-29)11-13-32(14-12-31)9-5-30(6-10-32)18(28-36)16(2)24-26-20(22)34;;;/h3-14H2,1-2H3,(H6-2,21,22,23,24,25,26,27,28,33,34,35,36);2*1H;1H2. The van der Waals surface area contributed by atoms with Gasteiger partial charge in [-0.3, -0.25) is 0 Å². The lowest BCUT2D eigenvalue weighted by Gasteiger charge is -2.54. The number of rotatable bonds is 4. The third kappa shape index (κ3) is 8.96. The van der Waals surface area contributed by atoms with E-state index in [2.05, 4.69) is 31.4 Å². The number of quaternary nitrogens is 2. The molecule has 17 nitrogen and oxygen atoms in total. The summed E-state index contributed by atoms with van der Waals surface area (Å²) in [6.45, 7) is 14.2. The van der Waals surface area contributed by atoms with Gasteiger partial charge < -0.3 is 70.9 Å². The van der Waals surface area contributed by atoms with Gasteiger partial charge in [-0.15, -0.1) is 0 Å². The van der Waals surface area contributed by atoms with E-state index in [9.17, 15) is 20.0 Å². The van der Waals surface area contributed by atoms with E-state index < -0.39 is 12.1 Å². The number of carbonyl (C=O) groups excluding carboxylic acids is 2. The molecule has 0 aromatic heterocycles. The van der Waals surface area contributed by atoms with Crippen LogP contribution in [0.4, 0.5) is 9.59 Å². The van der Waals surface area contributed by atoms with Crippen LogP contribution in [0.5, 0.6) is 0 Å². The van der Waals surface area contributed by atoms with Crippen molar-refractivity contribution in [2.75, 3.05) is 78.5 Å². The van der Waals surface area contributed by atoms with E-state index in [0.29, 0.717) is 23.1 Å². The molecule has 0 aromatic carbocycles. The second-order valence-corrected chi connectivity index (χ2v) is 9.64. The summed E-state index contributed by atoms with van der Waals surface area (Å²) < 4.78 is 2.06. The molecular weight excluding hydrogens is 559 g/mol. The van der Waals surface area contributed by atoms with Gasteiger partial charge in [0.25, 0.3) is 0 Å². The van der Waals surface area contributed by atoms with E-state index in [1.165, 1.54) is 0 Å². The van der Waals surface area contributed by atoms with Gasteiger partial charge in [-0.1, -0.05) is 10.3 Å². The zero-order chi connectivity index (χ0) is 26.3. The first kappa shape index (κ1) is 35.9. The van der Waals surface area contributed by atoms with Gasteiger partial charge in [0.15, 0.2) is 11.7 Å². The van der Waals surface area contributed by atoms with Crippen molar-refractivity contribution < 1.29 is 59.3 Å². The smallest absolute Gasteiger partial charge is 0.332 e. The molecule has 19 heteroatoms. The monoisotopic (exact) mass is 598 g/mol. The van der Waals surface area contributed by atoms with Crippen molar-refractivity contribution in [3.05, 3.63) is 0 Å². The normalized spacial score (nSPS) is 21.3. The molecule has 3 aliphatic rings. The van der Waals surface area contributed by atoms with Crippen LogP contribution >= 0.6 is 0 Å². The summed E-state index contributed by atoms with van der Waals surface area (Å²) >= 11 is 0. The number of halogens is 2. The number of nitrogens with two attached hydrogens (primary N) is 2. The molecule has 39 heavy (non-hydrogen) atoms. The highest BCUT2D eigenvalue weighted by Gasteiger charge is 2.46. The maximum absolute atomic E-state index is 10.9. The third-order valence-corrected chi connectivity index (χ3v) is 7.58. The first-order valence-electron chi connectivity index (χ1n) is 12.0. The van der Waals surface area contributed by atoms with Gasteiger partial charge in [-0.05, 0) is 13.8 Å². The van der Waals surface area contributed by atoms with Crippen LogP contribution in [0.3, 0.4) is 0 Å². The van der Waals surface area contributed by atoms with Crippen molar-refractivity contribution in [2.24, 2.45) is 32.0 Å². The van der Waals surface area contributed by atoms with E-state index >= 15 is 0 Å². The van der Waals surface area contributed by atoms with Crippen molar-refractivity contribution in [3.63, 3.8) is 0 Å². The summed E-state index contributed by atoms with van der Waals surface area (Å²) in [5.74, 6) is 0.675. The molecule has 0 aliphatic carbocycles. The molecule has 0 saturated carbocycles. The first-order chi connectivity index (χ1) is 17.1. The Labute approximate surface area is 239 Å². The quantitative estimate of drug-likeness (QED) is 0.0603. The highest BCUT2D eigenvalue weighted by Crippen LogP contribution is 2.24. The lowest BCUT2D eigenvalue weighted by Crippen LogP contribution is -3.00. The SMILES string of the molecule is CC(=N\NC(N)=O)/C(=N\O)N1CC[N+]2(CC1)CC[N+]1(CCN(C(=N/O)/C(C)=N/NC(N)=O)CC1)CC2.O.[Cl-].[Cl-]. The van der Waals surface area contributed by atoms with Crippen molar-refractivity contribution in [2.45, 2.75) is 13.8 Å². The summed E-state index contributed by atoms with van der Waals surface area (Å²) in [6.07, 6.45) is 0. The molecule has 0 radical (unpaired) electrons. The number of hydrogen-bond donors (Lipinski definition) is 6. The highest BCUT2D eigenvalue weighted by molar-refractivity contribution is 6.40. The van der Waals surface area contributed by atoms with E-state index in [4.69, 9.17) is 11.5 Å². The van der Waals surface area contributed by atoms with Crippen LogP contribution in [-0.4, -0.2) is 148 Å². The number of oxime groups is 2. The van der Waals surface area contributed by atoms with Gasteiger partial charge in [0.1, 0.15) is 37.6 Å². The van der Waals surface area contributed by atoms with Gasteiger partial charge in [-0.2, -0.15) is 10.2 Å². The Morgan fingerprint density at radius 1 is 0.667 bits per heavy atom. The van der Waals surface area contributed by atoms with Crippen LogP contribution in [0.25, 0.3) is 0 Å². The van der Waals surface area contributed by atoms with Crippen molar-refractivity contribution in [3.8, 4) is 0 Å². The fourth-order valence-corrected chi connectivity index (χ4v) is 5.28. The molecule has 0 atom stereocenters. The van der Waals surface area contributed by atoms with Crippen LogP contribution in [0.15, 0.2) is 20.5 Å². The predicted octanol–water partition coefficient (Wildman–Crippen LogP) is -8.89. The number of carbonyl (C=O) groups is 2. The van der Waals surface area contributed by atoms with Crippen LogP contribution in [0.1, 0.15) is 13.8 Å². The number of amides is 4. The van der Waals surface area contributed by atoms with Crippen LogP contribution < -0.4 is 47.1 Å². The second-order valence-electron chi connectivity index (χ2n) is 9.64. The minimum Gasteiger partial charge on any atom is -1.00 e. The average Bonchev–Trinajstić information content (AvgIpc) is 2.87. The molecule has 3 aliphatic heterocycles. The minimum absolute atomic E-state index is 0. The first-order valence-corrected chi connectivity index (χ1v) is 12.0. The van der Waals surface area contributed by atoms with Crippen LogP contribution in [-0.2, 0) is 0 Å². The van der Waals surface area contributed by atoms with Crippen molar-refractivity contribution in [1.82, 2.24) is 20.7 Å². The zero-order valence-electron chi connectivity index (χ0n) is 22.2. The number of amidine groups is 2. The Hall–Kier alpha value is -3.12. The number of hydrazone groups is 2. The number of nitrogens with zero attached hydrogens (tertiary/aromatic N) is 8. The van der Waals surface area contributed by atoms with Gasteiger partial charge in [0.05, 0.1) is 52.4 Å². The molecular formula is C20H40Cl2N12O5. The van der Waals surface area contributed by atoms with Crippen LogP contribution in [0, 0.1) is 0 Å².